The molecule has 3 rings (SSSR count). The van der Waals surface area contributed by atoms with Crippen molar-refractivity contribution in [3.05, 3.63) is 70.9 Å². The van der Waals surface area contributed by atoms with E-state index in [-0.39, 0.29) is 18.5 Å². The van der Waals surface area contributed by atoms with Crippen molar-refractivity contribution in [2.24, 2.45) is 0 Å². The number of aromatic amines is 1. The minimum absolute atomic E-state index is 0.0217. The summed E-state index contributed by atoms with van der Waals surface area (Å²) in [5.41, 5.74) is 2.41. The van der Waals surface area contributed by atoms with Gasteiger partial charge in [0.05, 0.1) is 0 Å². The first-order valence-corrected chi connectivity index (χ1v) is 12.2. The number of ether oxygens (including phenoxy) is 1. The molecule has 1 aromatic heterocycles. The van der Waals surface area contributed by atoms with Gasteiger partial charge in [-0.3, -0.25) is 4.79 Å². The smallest absolute Gasteiger partial charge is 0.407 e. The van der Waals surface area contributed by atoms with Crippen LogP contribution in [0.1, 0.15) is 57.2 Å². The number of carbonyl (C=O) groups excluding carboxylic acids is 1. The molecule has 0 spiro atoms. The van der Waals surface area contributed by atoms with E-state index < -0.39 is 17.7 Å². The molecule has 35 heavy (non-hydrogen) atoms. The maximum Gasteiger partial charge on any atom is 0.407 e. The van der Waals surface area contributed by atoms with Gasteiger partial charge in [0.15, 0.2) is 0 Å². The van der Waals surface area contributed by atoms with Crippen LogP contribution in [0.4, 0.5) is 4.79 Å². The fourth-order valence-electron chi connectivity index (χ4n) is 4.06. The van der Waals surface area contributed by atoms with Crippen LogP contribution in [0.3, 0.4) is 0 Å². The highest BCUT2D eigenvalue weighted by atomic mass is 35.5. The summed E-state index contributed by atoms with van der Waals surface area (Å²) in [7, 11) is 0. The van der Waals surface area contributed by atoms with Gasteiger partial charge in [-0.1, -0.05) is 48.0 Å². The molecule has 1 heterocycles. The third-order valence-electron chi connectivity index (χ3n) is 5.69. The Morgan fingerprint density at radius 1 is 1.09 bits per heavy atom. The van der Waals surface area contributed by atoms with Crippen molar-refractivity contribution in [2.45, 2.75) is 64.1 Å². The number of carboxylic acids is 1. The lowest BCUT2D eigenvalue weighted by atomic mass is 9.98. The van der Waals surface area contributed by atoms with Crippen molar-refractivity contribution >= 4 is 34.6 Å². The lowest BCUT2D eigenvalue weighted by Crippen LogP contribution is -2.44. The molecule has 2 aromatic carbocycles. The fraction of sp³-hybridized carbons (Fsp3) is 0.407. The fourth-order valence-corrected chi connectivity index (χ4v) is 4.29. The number of fused-ring (bicyclic) bond motifs is 1. The third-order valence-corrected chi connectivity index (χ3v) is 6.06. The molecular weight excluding hydrogens is 466 g/mol. The van der Waals surface area contributed by atoms with Crippen molar-refractivity contribution in [1.29, 1.82) is 0 Å². The normalized spacial score (nSPS) is 13.4. The Labute approximate surface area is 211 Å². The van der Waals surface area contributed by atoms with Gasteiger partial charge in [-0.25, -0.2) is 4.79 Å². The minimum Gasteiger partial charge on any atom is -0.481 e. The summed E-state index contributed by atoms with van der Waals surface area (Å²) in [5.74, 6) is -0.851. The summed E-state index contributed by atoms with van der Waals surface area (Å²) in [6, 6.07) is 15.3. The van der Waals surface area contributed by atoms with Gasteiger partial charge in [-0.15, -0.1) is 0 Å². The molecule has 188 valence electrons. The topological polar surface area (TPSA) is 103 Å². The quantitative estimate of drug-likeness (QED) is 0.265. The molecule has 4 N–H and O–H groups in total. The number of aliphatic carboxylic acids is 1. The molecule has 0 aliphatic heterocycles. The first-order chi connectivity index (χ1) is 16.6. The SMILES string of the molecule is CC(C)(C)OC(=O)NCC(CCc1ccccc1Cl)N[C@@H](CCC(=O)O)c1c[nH]c2ccccc12. The first kappa shape index (κ1) is 26.6. The summed E-state index contributed by atoms with van der Waals surface area (Å²) in [4.78, 5) is 27.0. The van der Waals surface area contributed by atoms with E-state index in [0.717, 1.165) is 22.0 Å². The molecule has 0 aliphatic rings. The maximum atomic E-state index is 12.3. The molecule has 3 aromatic rings. The second-order valence-corrected chi connectivity index (χ2v) is 10.1. The lowest BCUT2D eigenvalue weighted by molar-refractivity contribution is -0.137. The van der Waals surface area contributed by atoms with Gasteiger partial charge < -0.3 is 25.5 Å². The lowest BCUT2D eigenvalue weighted by Gasteiger charge is -2.27. The molecule has 7 nitrogen and oxygen atoms in total. The van der Waals surface area contributed by atoms with Gasteiger partial charge in [0.1, 0.15) is 5.60 Å². The van der Waals surface area contributed by atoms with Gasteiger partial charge in [0.2, 0.25) is 0 Å². The van der Waals surface area contributed by atoms with Gasteiger partial charge >= 0.3 is 12.1 Å². The van der Waals surface area contributed by atoms with Gasteiger partial charge in [0.25, 0.3) is 0 Å². The average molecular weight is 500 g/mol. The van der Waals surface area contributed by atoms with E-state index in [2.05, 4.69) is 15.6 Å². The molecule has 0 aliphatic carbocycles. The van der Waals surface area contributed by atoms with Crippen molar-refractivity contribution in [2.75, 3.05) is 6.54 Å². The molecule has 0 radical (unpaired) electrons. The summed E-state index contributed by atoms with van der Waals surface area (Å²) < 4.78 is 5.40. The Balaban J connectivity index is 1.80. The molecule has 0 saturated carbocycles. The monoisotopic (exact) mass is 499 g/mol. The van der Waals surface area contributed by atoms with Gasteiger partial charge in [-0.2, -0.15) is 0 Å². The van der Waals surface area contributed by atoms with Gasteiger partial charge in [0, 0.05) is 47.2 Å². The van der Waals surface area contributed by atoms with Crippen LogP contribution in [0.5, 0.6) is 0 Å². The summed E-state index contributed by atoms with van der Waals surface area (Å²) in [6.45, 7) is 5.78. The maximum absolute atomic E-state index is 12.3. The van der Waals surface area contributed by atoms with Crippen LogP contribution in [0.15, 0.2) is 54.7 Å². The van der Waals surface area contributed by atoms with Gasteiger partial charge in [-0.05, 0) is 63.3 Å². The number of carboxylic acid groups (broad SMARTS) is 1. The highest BCUT2D eigenvalue weighted by Gasteiger charge is 2.23. The molecule has 2 atom stereocenters. The Bertz CT molecular complexity index is 1140. The summed E-state index contributed by atoms with van der Waals surface area (Å²) in [6.07, 6.45) is 3.26. The number of aromatic nitrogens is 1. The van der Waals surface area contributed by atoms with Crippen molar-refractivity contribution in [3.8, 4) is 0 Å². The molecule has 1 amide bonds. The summed E-state index contributed by atoms with van der Waals surface area (Å²) >= 11 is 6.37. The van der Waals surface area contributed by atoms with Crippen molar-refractivity contribution < 1.29 is 19.4 Å². The highest BCUT2D eigenvalue weighted by Crippen LogP contribution is 2.28. The Kier molecular flexibility index (Phi) is 9.18. The Hall–Kier alpha value is -3.03. The molecule has 1 unspecified atom stereocenters. The van der Waals surface area contributed by atoms with E-state index in [4.69, 9.17) is 16.3 Å². The number of hydrogen-bond acceptors (Lipinski definition) is 4. The van der Waals surface area contributed by atoms with Crippen molar-refractivity contribution in [1.82, 2.24) is 15.6 Å². The van der Waals surface area contributed by atoms with Crippen LogP contribution in [0.25, 0.3) is 10.9 Å². The second kappa shape index (κ2) is 12.1. The number of carbonyl (C=O) groups is 2. The summed E-state index contributed by atoms with van der Waals surface area (Å²) in [5, 5.41) is 17.6. The second-order valence-electron chi connectivity index (χ2n) is 9.65. The number of amides is 1. The Morgan fingerprint density at radius 2 is 1.80 bits per heavy atom. The number of halogens is 1. The number of nitrogens with one attached hydrogen (secondary N) is 3. The Morgan fingerprint density at radius 3 is 2.51 bits per heavy atom. The van der Waals surface area contributed by atoms with Crippen molar-refractivity contribution in [3.63, 3.8) is 0 Å². The zero-order valence-electron chi connectivity index (χ0n) is 20.4. The van der Waals surface area contributed by atoms with E-state index in [0.29, 0.717) is 30.8 Å². The number of benzene rings is 2. The first-order valence-electron chi connectivity index (χ1n) is 11.9. The highest BCUT2D eigenvalue weighted by molar-refractivity contribution is 6.31. The number of hydrogen-bond donors (Lipinski definition) is 4. The zero-order chi connectivity index (χ0) is 25.4. The molecule has 0 saturated heterocycles. The largest absolute Gasteiger partial charge is 0.481 e. The van der Waals surface area contributed by atoms with Crippen LogP contribution < -0.4 is 10.6 Å². The number of para-hydroxylation sites is 1. The van der Waals surface area contributed by atoms with Crippen LogP contribution in [0, 0.1) is 0 Å². The number of rotatable bonds is 11. The van der Waals surface area contributed by atoms with Crippen LogP contribution in [0.2, 0.25) is 5.02 Å². The van der Waals surface area contributed by atoms with E-state index >= 15 is 0 Å². The third kappa shape index (κ3) is 8.30. The standard InChI is InChI=1S/C27H34ClN3O4/c1-27(2,3)35-26(34)30-16-19(13-12-18-8-4-6-10-22(18)28)31-24(14-15-25(32)33)21-17-29-23-11-7-5-9-20(21)23/h4-11,17,19,24,29,31H,12-16H2,1-3H3,(H,30,34)(H,32,33)/t19?,24-/m0/s1. The van der Waals surface area contributed by atoms with Crippen LogP contribution in [-0.2, 0) is 16.0 Å². The molecular formula is C27H34ClN3O4. The predicted octanol–water partition coefficient (Wildman–Crippen LogP) is 5.84. The predicted molar refractivity (Wildman–Crippen MR) is 139 cm³/mol. The number of H-pyrrole nitrogens is 1. The molecule has 8 heteroatoms. The number of aryl methyl sites for hydroxylation is 1. The van der Waals surface area contributed by atoms with Crippen LogP contribution >= 0.6 is 11.6 Å². The van der Waals surface area contributed by atoms with Crippen LogP contribution in [-0.4, -0.2) is 40.3 Å². The number of alkyl carbamates (subject to hydrolysis) is 1. The van der Waals surface area contributed by atoms with E-state index in [1.54, 1.807) is 0 Å². The zero-order valence-corrected chi connectivity index (χ0v) is 21.2. The van der Waals surface area contributed by atoms with E-state index in [1.165, 1.54) is 0 Å². The molecule has 0 fully saturated rings. The minimum atomic E-state index is -0.851. The van der Waals surface area contributed by atoms with E-state index in [9.17, 15) is 14.7 Å². The van der Waals surface area contributed by atoms with E-state index in [1.807, 2.05) is 75.5 Å². The molecule has 0 bridgehead atoms. The average Bonchev–Trinajstić information content (AvgIpc) is 3.22.